The van der Waals surface area contributed by atoms with Gasteiger partial charge in [0.05, 0.1) is 11.3 Å². The summed E-state index contributed by atoms with van der Waals surface area (Å²) < 4.78 is 2.95. The van der Waals surface area contributed by atoms with Gasteiger partial charge < -0.3 is 14.6 Å². The zero-order chi connectivity index (χ0) is 19.7. The van der Waals surface area contributed by atoms with Gasteiger partial charge in [-0.1, -0.05) is 39.8 Å². The number of nitrogens with zero attached hydrogens (tertiary/aromatic N) is 4. The highest BCUT2D eigenvalue weighted by Crippen LogP contribution is 2.33. The van der Waals surface area contributed by atoms with E-state index in [-0.39, 0.29) is 17.4 Å². The van der Waals surface area contributed by atoms with Crippen LogP contribution in [0.1, 0.15) is 12.5 Å². The minimum Gasteiger partial charge on any atom is -0.507 e. The van der Waals surface area contributed by atoms with Crippen molar-refractivity contribution >= 4 is 39.3 Å². The van der Waals surface area contributed by atoms with Crippen LogP contribution in [0, 0.1) is 0 Å². The van der Waals surface area contributed by atoms with Crippen molar-refractivity contribution in [2.45, 2.75) is 25.0 Å². The number of aromatic nitrogens is 3. The first-order valence-corrected chi connectivity index (χ1v) is 10.8. The quantitative estimate of drug-likeness (QED) is 0.582. The molecule has 8 heteroatoms. The molecule has 1 N–H and O–H groups in total. The van der Waals surface area contributed by atoms with E-state index >= 15 is 0 Å². The lowest BCUT2D eigenvalue weighted by Crippen LogP contribution is -2.30. The Hall–Kier alpha value is -2.32. The second-order valence-electron chi connectivity index (χ2n) is 6.42. The van der Waals surface area contributed by atoms with Crippen molar-refractivity contribution in [1.29, 1.82) is 0 Å². The van der Waals surface area contributed by atoms with Gasteiger partial charge in [-0.25, -0.2) is 0 Å². The molecule has 1 aliphatic rings. The Balaban J connectivity index is 1.51. The smallest absolute Gasteiger partial charge is 0.237 e. The lowest BCUT2D eigenvalue weighted by molar-refractivity contribution is -0.116. The van der Waals surface area contributed by atoms with E-state index in [4.69, 9.17) is 0 Å². The minimum atomic E-state index is 0.0563. The molecule has 0 unspecified atom stereocenters. The third kappa shape index (κ3) is 3.54. The number of hydrogen-bond acceptors (Lipinski definition) is 5. The molecule has 0 spiro atoms. The van der Waals surface area contributed by atoms with Gasteiger partial charge in [-0.15, -0.1) is 10.2 Å². The first-order chi connectivity index (χ1) is 13.6. The summed E-state index contributed by atoms with van der Waals surface area (Å²) in [7, 11) is 0. The summed E-state index contributed by atoms with van der Waals surface area (Å²) in [5, 5.41) is 19.3. The fourth-order valence-electron chi connectivity index (χ4n) is 3.38. The maximum Gasteiger partial charge on any atom is 0.237 e. The molecule has 4 rings (SSSR count). The highest BCUT2D eigenvalue weighted by atomic mass is 79.9. The fourth-order valence-corrected chi connectivity index (χ4v) is 4.66. The number of para-hydroxylation sites is 1. The number of fused-ring (bicyclic) bond motifs is 1. The predicted octanol–water partition coefficient (Wildman–Crippen LogP) is 4.11. The number of hydrogen-bond donors (Lipinski definition) is 1. The van der Waals surface area contributed by atoms with Crippen LogP contribution in [0.2, 0.25) is 0 Å². The SMILES string of the molecule is CCn1c(SCC(=O)N2CCc3cc(Br)ccc32)nnc1-c1ccccc1O. The molecule has 28 heavy (non-hydrogen) atoms. The van der Waals surface area contributed by atoms with Crippen LogP contribution in [0.15, 0.2) is 52.1 Å². The molecule has 2 aromatic carbocycles. The number of benzene rings is 2. The third-order valence-electron chi connectivity index (χ3n) is 4.74. The van der Waals surface area contributed by atoms with E-state index < -0.39 is 0 Å². The second kappa shape index (κ2) is 7.97. The maximum atomic E-state index is 12.8. The number of anilines is 1. The van der Waals surface area contributed by atoms with Gasteiger partial charge in [0.2, 0.25) is 5.91 Å². The van der Waals surface area contributed by atoms with Crippen LogP contribution in [0.5, 0.6) is 5.75 Å². The van der Waals surface area contributed by atoms with E-state index in [0.29, 0.717) is 29.6 Å². The molecule has 1 amide bonds. The molecule has 3 aromatic rings. The number of amides is 1. The van der Waals surface area contributed by atoms with Crippen LogP contribution in [0.4, 0.5) is 5.69 Å². The van der Waals surface area contributed by atoms with Crippen molar-refractivity contribution in [1.82, 2.24) is 14.8 Å². The number of thioether (sulfide) groups is 1. The number of carbonyl (C=O) groups is 1. The molecule has 144 valence electrons. The fraction of sp³-hybridized carbons (Fsp3) is 0.250. The normalized spacial score (nSPS) is 13.0. The monoisotopic (exact) mass is 458 g/mol. The molecule has 1 aromatic heterocycles. The number of rotatable bonds is 5. The summed E-state index contributed by atoms with van der Waals surface area (Å²) in [4.78, 5) is 14.6. The minimum absolute atomic E-state index is 0.0563. The van der Waals surface area contributed by atoms with Gasteiger partial charge in [0.15, 0.2) is 11.0 Å². The molecule has 0 saturated carbocycles. The van der Waals surface area contributed by atoms with Crippen LogP contribution in [-0.2, 0) is 17.8 Å². The number of phenolic OH excluding ortho intramolecular Hbond substituents is 1. The van der Waals surface area contributed by atoms with Gasteiger partial charge >= 0.3 is 0 Å². The van der Waals surface area contributed by atoms with E-state index in [0.717, 1.165) is 16.6 Å². The molecule has 2 heterocycles. The Labute approximate surface area is 175 Å². The Bertz CT molecular complexity index is 1040. The lowest BCUT2D eigenvalue weighted by Gasteiger charge is -2.17. The van der Waals surface area contributed by atoms with E-state index in [1.54, 1.807) is 12.1 Å². The van der Waals surface area contributed by atoms with Crippen LogP contribution < -0.4 is 4.90 Å². The number of phenols is 1. The number of aromatic hydroxyl groups is 1. The Morgan fingerprint density at radius 1 is 1.25 bits per heavy atom. The van der Waals surface area contributed by atoms with Crippen molar-refractivity contribution < 1.29 is 9.90 Å². The molecular formula is C20H19BrN4O2S. The molecule has 6 nitrogen and oxygen atoms in total. The first kappa shape index (κ1) is 19.0. The zero-order valence-electron chi connectivity index (χ0n) is 15.3. The Kier molecular flexibility index (Phi) is 5.41. The van der Waals surface area contributed by atoms with Gasteiger partial charge in [-0.05, 0) is 49.2 Å². The second-order valence-corrected chi connectivity index (χ2v) is 8.28. The number of halogens is 1. The standard InChI is InChI=1S/C20H19BrN4O2S/c1-2-24-19(15-5-3-4-6-17(15)26)22-23-20(24)28-12-18(27)25-10-9-13-11-14(21)7-8-16(13)25/h3-8,11,26H,2,9-10,12H2,1H3. The average Bonchev–Trinajstić information content (AvgIpc) is 3.29. The van der Waals surface area contributed by atoms with Crippen molar-refractivity contribution in [3.05, 3.63) is 52.5 Å². The highest BCUT2D eigenvalue weighted by molar-refractivity contribution is 9.10. The molecule has 0 saturated heterocycles. The van der Waals surface area contributed by atoms with Crippen molar-refractivity contribution in [2.24, 2.45) is 0 Å². The summed E-state index contributed by atoms with van der Waals surface area (Å²) in [5.41, 5.74) is 2.81. The van der Waals surface area contributed by atoms with Crippen LogP contribution >= 0.6 is 27.7 Å². The van der Waals surface area contributed by atoms with Gasteiger partial charge in [-0.2, -0.15) is 0 Å². The first-order valence-electron chi connectivity index (χ1n) is 9.01. The van der Waals surface area contributed by atoms with Crippen molar-refractivity contribution in [3.8, 4) is 17.1 Å². The van der Waals surface area contributed by atoms with Crippen LogP contribution in [0.25, 0.3) is 11.4 Å². The predicted molar refractivity (Wildman–Crippen MR) is 114 cm³/mol. The number of carbonyl (C=O) groups excluding carboxylic acids is 1. The van der Waals surface area contributed by atoms with E-state index in [2.05, 4.69) is 32.2 Å². The molecule has 0 bridgehead atoms. The molecular weight excluding hydrogens is 440 g/mol. The maximum absolute atomic E-state index is 12.8. The summed E-state index contributed by atoms with van der Waals surface area (Å²) in [6, 6.07) is 13.1. The average molecular weight is 459 g/mol. The molecule has 1 aliphatic heterocycles. The Morgan fingerprint density at radius 2 is 2.07 bits per heavy atom. The molecule has 0 atom stereocenters. The topological polar surface area (TPSA) is 71.2 Å². The largest absolute Gasteiger partial charge is 0.507 e. The summed E-state index contributed by atoms with van der Waals surface area (Å²) in [5.74, 6) is 1.11. The lowest BCUT2D eigenvalue weighted by atomic mass is 10.2. The third-order valence-corrected chi connectivity index (χ3v) is 6.19. The van der Waals surface area contributed by atoms with Gasteiger partial charge in [-0.3, -0.25) is 4.79 Å². The summed E-state index contributed by atoms with van der Waals surface area (Å²) >= 11 is 4.86. The van der Waals surface area contributed by atoms with Gasteiger partial charge in [0, 0.05) is 23.2 Å². The summed E-state index contributed by atoms with van der Waals surface area (Å²) in [6.45, 7) is 3.34. The van der Waals surface area contributed by atoms with Crippen LogP contribution in [0.3, 0.4) is 0 Å². The van der Waals surface area contributed by atoms with E-state index in [1.165, 1.54) is 17.3 Å². The van der Waals surface area contributed by atoms with Gasteiger partial charge in [0.25, 0.3) is 0 Å². The van der Waals surface area contributed by atoms with Gasteiger partial charge in [0.1, 0.15) is 5.75 Å². The molecule has 0 aliphatic carbocycles. The highest BCUT2D eigenvalue weighted by Gasteiger charge is 2.25. The van der Waals surface area contributed by atoms with E-state index in [9.17, 15) is 9.90 Å². The van der Waals surface area contributed by atoms with Crippen LogP contribution in [-0.4, -0.2) is 38.1 Å². The summed E-state index contributed by atoms with van der Waals surface area (Å²) in [6.07, 6.45) is 0.869. The Morgan fingerprint density at radius 3 is 2.86 bits per heavy atom. The van der Waals surface area contributed by atoms with E-state index in [1.807, 2.05) is 40.7 Å². The molecule has 0 radical (unpaired) electrons. The van der Waals surface area contributed by atoms with Crippen molar-refractivity contribution in [2.75, 3.05) is 17.2 Å². The zero-order valence-corrected chi connectivity index (χ0v) is 17.7. The van der Waals surface area contributed by atoms with Crippen molar-refractivity contribution in [3.63, 3.8) is 0 Å². The molecule has 0 fully saturated rings.